The van der Waals surface area contributed by atoms with Gasteiger partial charge in [0.15, 0.2) is 10.8 Å². The zero-order chi connectivity index (χ0) is 32.6. The van der Waals surface area contributed by atoms with E-state index in [1.165, 1.54) is 12.1 Å². The van der Waals surface area contributed by atoms with Crippen LogP contribution >= 0.6 is 11.3 Å². The Morgan fingerprint density at radius 1 is 1.09 bits per heavy atom. The maximum Gasteiger partial charge on any atom is 0.417 e. The highest BCUT2D eigenvalue weighted by Crippen LogP contribution is 2.37. The lowest BCUT2D eigenvalue weighted by Gasteiger charge is -2.43. The van der Waals surface area contributed by atoms with Gasteiger partial charge in [-0.15, -0.1) is 11.3 Å². The van der Waals surface area contributed by atoms with Gasteiger partial charge in [0.1, 0.15) is 0 Å². The standard InChI is InChI=1S/C31H36F4N6O3S/c1-17-14-41(15-18(2)39(17)3)25-11-19(37-28(43)22-13-36-26(42)12-23(22)31(33,34)35)10-21(27(25)32)24-16-45-29(38-24)30(44)40(4)20-8-6-5-7-9-20/h10-13,16-18,20H,5-9,14-15H2,1-4H3,(H,36,42)(H,37,43)/t17-,18+. The first kappa shape index (κ1) is 32.6. The Bertz CT molecular complexity index is 1620. The average Bonchev–Trinajstić information content (AvgIpc) is 3.49. The van der Waals surface area contributed by atoms with Gasteiger partial charge in [0.25, 0.3) is 11.8 Å². The highest BCUT2D eigenvalue weighted by molar-refractivity contribution is 7.12. The van der Waals surface area contributed by atoms with E-state index in [4.69, 9.17) is 0 Å². The summed E-state index contributed by atoms with van der Waals surface area (Å²) in [5.74, 6) is -2.02. The van der Waals surface area contributed by atoms with Crippen LogP contribution in [0.2, 0.25) is 0 Å². The molecule has 14 heteroatoms. The van der Waals surface area contributed by atoms with Gasteiger partial charge in [-0.25, -0.2) is 9.37 Å². The molecule has 45 heavy (non-hydrogen) atoms. The van der Waals surface area contributed by atoms with Crippen molar-refractivity contribution in [1.29, 1.82) is 0 Å². The normalized spacial score (nSPS) is 19.9. The van der Waals surface area contributed by atoms with Crippen molar-refractivity contribution in [2.24, 2.45) is 0 Å². The smallest absolute Gasteiger partial charge is 0.366 e. The van der Waals surface area contributed by atoms with Gasteiger partial charge in [-0.2, -0.15) is 13.2 Å². The number of thiazole rings is 1. The SMILES string of the molecule is C[C@@H]1CN(c2cc(NC(=O)c3c[nH]c(=O)cc3C(F)(F)F)cc(-c3csc(C(=O)N(C)C4CCCCC4)n3)c2F)C[C@H](C)N1C. The Hall–Kier alpha value is -3.78. The summed E-state index contributed by atoms with van der Waals surface area (Å²) in [7, 11) is 3.72. The summed E-state index contributed by atoms with van der Waals surface area (Å²) < 4.78 is 57.4. The molecule has 0 spiro atoms. The molecule has 1 aliphatic carbocycles. The summed E-state index contributed by atoms with van der Waals surface area (Å²) in [6, 6.07) is 3.23. The second-order valence-corrected chi connectivity index (χ2v) is 12.8. The van der Waals surface area contributed by atoms with Gasteiger partial charge in [0.05, 0.1) is 22.5 Å². The van der Waals surface area contributed by atoms with E-state index < -0.39 is 34.6 Å². The van der Waals surface area contributed by atoms with E-state index in [1.54, 1.807) is 17.3 Å². The Balaban J connectivity index is 1.53. The number of hydrogen-bond acceptors (Lipinski definition) is 7. The van der Waals surface area contributed by atoms with Crippen molar-refractivity contribution in [3.05, 3.63) is 62.1 Å². The first-order chi connectivity index (χ1) is 21.2. The molecule has 1 aromatic carbocycles. The summed E-state index contributed by atoms with van der Waals surface area (Å²) in [5.41, 5.74) is -2.84. The molecule has 2 aliphatic rings. The van der Waals surface area contributed by atoms with Gasteiger partial charge >= 0.3 is 6.18 Å². The largest absolute Gasteiger partial charge is 0.417 e. The van der Waals surface area contributed by atoms with E-state index in [2.05, 4.69) is 20.2 Å². The lowest BCUT2D eigenvalue weighted by molar-refractivity contribution is -0.138. The number of benzene rings is 1. The third-order valence-electron chi connectivity index (χ3n) is 8.89. The molecule has 2 N–H and O–H groups in total. The molecule has 0 radical (unpaired) electrons. The van der Waals surface area contributed by atoms with E-state index in [0.717, 1.165) is 43.4 Å². The number of carbonyl (C=O) groups is 2. The number of aromatic nitrogens is 2. The maximum atomic E-state index is 16.4. The zero-order valence-corrected chi connectivity index (χ0v) is 26.3. The summed E-state index contributed by atoms with van der Waals surface area (Å²) in [4.78, 5) is 50.4. The molecule has 3 aromatic rings. The number of anilines is 2. The first-order valence-corrected chi connectivity index (χ1v) is 15.8. The molecule has 2 fully saturated rings. The van der Waals surface area contributed by atoms with Gasteiger partial charge < -0.3 is 20.1 Å². The predicted octanol–water partition coefficient (Wildman–Crippen LogP) is 5.84. The fraction of sp³-hybridized carbons (Fsp3) is 0.484. The third kappa shape index (κ3) is 6.91. The van der Waals surface area contributed by atoms with Crippen LogP contribution in [0.5, 0.6) is 0 Å². The topological polar surface area (TPSA) is 102 Å². The number of alkyl halides is 3. The molecule has 2 atom stereocenters. The van der Waals surface area contributed by atoms with E-state index in [1.807, 2.05) is 25.8 Å². The number of nitrogens with one attached hydrogen (secondary N) is 2. The molecule has 3 heterocycles. The van der Waals surface area contributed by atoms with Gasteiger partial charge in [0, 0.05) is 67.2 Å². The molecule has 9 nitrogen and oxygen atoms in total. The summed E-state index contributed by atoms with van der Waals surface area (Å²) in [5, 5.41) is 4.22. The van der Waals surface area contributed by atoms with E-state index in [0.29, 0.717) is 25.4 Å². The van der Waals surface area contributed by atoms with Crippen molar-refractivity contribution in [2.45, 2.75) is 70.3 Å². The first-order valence-electron chi connectivity index (χ1n) is 14.9. The van der Waals surface area contributed by atoms with Crippen molar-refractivity contribution < 1.29 is 27.2 Å². The van der Waals surface area contributed by atoms with Gasteiger partial charge in [0.2, 0.25) is 5.56 Å². The molecule has 1 saturated carbocycles. The highest BCUT2D eigenvalue weighted by Gasteiger charge is 2.36. The van der Waals surface area contributed by atoms with Crippen LogP contribution in [0.1, 0.15) is 71.7 Å². The molecular formula is C31H36F4N6O3S. The number of H-pyrrole nitrogens is 1. The van der Waals surface area contributed by atoms with Gasteiger partial charge in [-0.1, -0.05) is 19.3 Å². The maximum absolute atomic E-state index is 16.4. The van der Waals surface area contributed by atoms with E-state index in [-0.39, 0.29) is 51.7 Å². The fourth-order valence-electron chi connectivity index (χ4n) is 6.07. The number of pyridine rings is 1. The Morgan fingerprint density at radius 3 is 2.40 bits per heavy atom. The number of hydrogen-bond donors (Lipinski definition) is 2. The quantitative estimate of drug-likeness (QED) is 0.326. The summed E-state index contributed by atoms with van der Waals surface area (Å²) in [6.45, 7) is 4.92. The Labute approximate surface area is 262 Å². The van der Waals surface area contributed by atoms with Crippen LogP contribution in [0.15, 0.2) is 34.6 Å². The molecular weight excluding hydrogens is 612 g/mol. The van der Waals surface area contributed by atoms with Gasteiger partial charge in [-0.3, -0.25) is 19.3 Å². The van der Waals surface area contributed by atoms with Crippen LogP contribution in [-0.2, 0) is 6.18 Å². The Morgan fingerprint density at radius 2 is 1.76 bits per heavy atom. The van der Waals surface area contributed by atoms with Crippen molar-refractivity contribution >= 4 is 34.5 Å². The molecule has 0 unspecified atom stereocenters. The second kappa shape index (κ2) is 12.9. The summed E-state index contributed by atoms with van der Waals surface area (Å²) >= 11 is 1.08. The monoisotopic (exact) mass is 648 g/mol. The van der Waals surface area contributed by atoms with Crippen molar-refractivity contribution in [1.82, 2.24) is 19.8 Å². The fourth-order valence-corrected chi connectivity index (χ4v) is 6.87. The van der Waals surface area contributed by atoms with Crippen molar-refractivity contribution in [2.75, 3.05) is 37.4 Å². The molecule has 0 bridgehead atoms. The highest BCUT2D eigenvalue weighted by atomic mass is 32.1. The minimum Gasteiger partial charge on any atom is -0.366 e. The van der Waals surface area contributed by atoms with E-state index in [9.17, 15) is 27.6 Å². The van der Waals surface area contributed by atoms with Gasteiger partial charge in [-0.05, 0) is 45.9 Å². The number of carbonyl (C=O) groups excluding carboxylic acids is 2. The number of likely N-dealkylation sites (N-methyl/N-ethyl adjacent to an activating group) is 1. The zero-order valence-electron chi connectivity index (χ0n) is 25.5. The minimum absolute atomic E-state index is 0.00447. The Kier molecular flexibility index (Phi) is 9.36. The number of nitrogens with zero attached hydrogens (tertiary/aromatic N) is 4. The van der Waals surface area contributed by atoms with Crippen LogP contribution in [0.3, 0.4) is 0 Å². The lowest BCUT2D eigenvalue weighted by atomic mass is 9.94. The summed E-state index contributed by atoms with van der Waals surface area (Å²) in [6.07, 6.45) is 0.799. The van der Waals surface area contributed by atoms with Crippen LogP contribution < -0.4 is 15.8 Å². The van der Waals surface area contributed by atoms with Crippen LogP contribution in [0.25, 0.3) is 11.3 Å². The van der Waals surface area contributed by atoms with Crippen LogP contribution in [0.4, 0.5) is 28.9 Å². The average molecular weight is 649 g/mol. The predicted molar refractivity (Wildman–Crippen MR) is 165 cm³/mol. The number of piperazine rings is 1. The molecule has 242 valence electrons. The molecule has 5 rings (SSSR count). The van der Waals surface area contributed by atoms with Crippen LogP contribution in [-0.4, -0.2) is 76.9 Å². The van der Waals surface area contributed by atoms with Crippen molar-refractivity contribution in [3.8, 4) is 11.3 Å². The minimum atomic E-state index is -4.96. The molecule has 2 aromatic heterocycles. The second-order valence-electron chi connectivity index (χ2n) is 11.9. The van der Waals surface area contributed by atoms with Crippen molar-refractivity contribution in [3.63, 3.8) is 0 Å². The molecule has 1 saturated heterocycles. The number of amides is 2. The lowest BCUT2D eigenvalue weighted by Crippen LogP contribution is -2.55. The third-order valence-corrected chi connectivity index (χ3v) is 9.72. The van der Waals surface area contributed by atoms with Crippen LogP contribution in [0, 0.1) is 5.82 Å². The van der Waals surface area contributed by atoms with E-state index >= 15 is 4.39 Å². The number of rotatable bonds is 6. The molecule has 2 amide bonds. The molecule has 1 aliphatic heterocycles. The number of aromatic amines is 1. The number of halogens is 4.